The molecule has 3 aromatic carbocycles. The van der Waals surface area contributed by atoms with Crippen LogP contribution < -0.4 is 9.64 Å². The predicted molar refractivity (Wildman–Crippen MR) is 125 cm³/mol. The van der Waals surface area contributed by atoms with Crippen molar-refractivity contribution in [3.05, 3.63) is 100 Å². The molecule has 0 radical (unpaired) electrons. The lowest BCUT2D eigenvalue weighted by atomic mass is 9.94. The molecular formula is C27H25NO4. The Labute approximate surface area is 187 Å². The first-order valence-electron chi connectivity index (χ1n) is 10.4. The van der Waals surface area contributed by atoms with Gasteiger partial charge in [-0.1, -0.05) is 48.0 Å². The van der Waals surface area contributed by atoms with Gasteiger partial charge in [0, 0.05) is 5.69 Å². The number of hydrogen-bond donors (Lipinski definition) is 1. The van der Waals surface area contributed by atoms with Crippen molar-refractivity contribution in [1.82, 2.24) is 0 Å². The van der Waals surface area contributed by atoms with Gasteiger partial charge in [-0.15, -0.1) is 0 Å². The fourth-order valence-corrected chi connectivity index (χ4v) is 4.08. The minimum atomic E-state index is -0.761. The molecule has 0 spiro atoms. The van der Waals surface area contributed by atoms with Crippen LogP contribution in [0, 0.1) is 20.8 Å². The summed E-state index contributed by atoms with van der Waals surface area (Å²) in [5.74, 6) is -1.21. The molecule has 1 heterocycles. The molecule has 32 heavy (non-hydrogen) atoms. The highest BCUT2D eigenvalue weighted by Gasteiger charge is 2.47. The summed E-state index contributed by atoms with van der Waals surface area (Å²) < 4.78 is 5.42. The van der Waals surface area contributed by atoms with Gasteiger partial charge in [-0.3, -0.25) is 14.5 Å². The monoisotopic (exact) mass is 427 g/mol. The number of anilines is 1. The lowest BCUT2D eigenvalue weighted by Gasteiger charge is -2.26. The zero-order valence-corrected chi connectivity index (χ0v) is 18.5. The van der Waals surface area contributed by atoms with Gasteiger partial charge in [0.1, 0.15) is 11.5 Å². The maximum Gasteiger partial charge on any atom is 0.300 e. The van der Waals surface area contributed by atoms with Crippen LogP contribution in [0.3, 0.4) is 0 Å². The summed E-state index contributed by atoms with van der Waals surface area (Å²) in [6.45, 7) is 5.84. The summed E-state index contributed by atoms with van der Waals surface area (Å²) in [7, 11) is 1.50. The molecule has 5 heteroatoms. The molecule has 5 nitrogen and oxygen atoms in total. The smallest absolute Gasteiger partial charge is 0.300 e. The van der Waals surface area contributed by atoms with E-state index < -0.39 is 17.7 Å². The van der Waals surface area contributed by atoms with Gasteiger partial charge in [0.05, 0.1) is 24.3 Å². The molecule has 0 bridgehead atoms. The van der Waals surface area contributed by atoms with E-state index in [9.17, 15) is 14.7 Å². The second kappa shape index (κ2) is 8.35. The van der Waals surface area contributed by atoms with Crippen molar-refractivity contribution >= 4 is 23.1 Å². The van der Waals surface area contributed by atoms with Crippen molar-refractivity contribution in [1.29, 1.82) is 0 Å². The fraction of sp³-hybridized carbons (Fsp3) is 0.185. The fourth-order valence-electron chi connectivity index (χ4n) is 4.08. The summed E-state index contributed by atoms with van der Waals surface area (Å²) in [5, 5.41) is 11.3. The molecule has 0 aromatic heterocycles. The van der Waals surface area contributed by atoms with E-state index in [1.54, 1.807) is 12.1 Å². The average molecular weight is 428 g/mol. The Morgan fingerprint density at radius 3 is 2.28 bits per heavy atom. The van der Waals surface area contributed by atoms with Crippen LogP contribution in [0.4, 0.5) is 5.69 Å². The molecule has 0 aliphatic carbocycles. The zero-order chi connectivity index (χ0) is 23.0. The zero-order valence-electron chi connectivity index (χ0n) is 18.5. The molecule has 1 unspecified atom stereocenters. The first-order chi connectivity index (χ1) is 15.3. The van der Waals surface area contributed by atoms with Gasteiger partial charge in [0.15, 0.2) is 0 Å². The van der Waals surface area contributed by atoms with E-state index in [0.29, 0.717) is 17.0 Å². The van der Waals surface area contributed by atoms with Crippen LogP contribution in [0.1, 0.15) is 33.9 Å². The van der Waals surface area contributed by atoms with E-state index in [-0.39, 0.29) is 11.3 Å². The van der Waals surface area contributed by atoms with Crippen LogP contribution in [0.25, 0.3) is 5.76 Å². The number of carbonyl (C=O) groups excluding carboxylic acids is 2. The third-order valence-corrected chi connectivity index (χ3v) is 5.94. The Balaban J connectivity index is 1.98. The van der Waals surface area contributed by atoms with Gasteiger partial charge in [0.25, 0.3) is 11.7 Å². The topological polar surface area (TPSA) is 66.8 Å². The summed E-state index contributed by atoms with van der Waals surface area (Å²) in [4.78, 5) is 28.0. The minimum absolute atomic E-state index is 0.0447. The van der Waals surface area contributed by atoms with Gasteiger partial charge in [0.2, 0.25) is 0 Å². The molecule has 4 rings (SSSR count). The normalized spacial score (nSPS) is 17.6. The molecule has 1 saturated heterocycles. The Bertz CT molecular complexity index is 1240. The Hall–Kier alpha value is -3.86. The highest BCUT2D eigenvalue weighted by Crippen LogP contribution is 2.43. The van der Waals surface area contributed by atoms with E-state index in [4.69, 9.17) is 4.74 Å². The SMILES string of the molecule is COc1ccc(C)cc1/C(O)=C1\C(=O)C(=O)N(c2ccc(C)c(C)c2)C1c1ccccc1. The molecule has 1 fully saturated rings. The predicted octanol–water partition coefficient (Wildman–Crippen LogP) is 5.25. The number of Topliss-reactive ketones (excluding diaryl/α,β-unsaturated/α-hetero) is 1. The second-order valence-corrected chi connectivity index (χ2v) is 8.05. The number of aliphatic hydroxyl groups is 1. The molecule has 1 amide bonds. The van der Waals surface area contributed by atoms with Crippen LogP contribution in [0.5, 0.6) is 5.75 Å². The molecule has 1 N–H and O–H groups in total. The third-order valence-electron chi connectivity index (χ3n) is 5.94. The molecule has 162 valence electrons. The molecule has 3 aromatic rings. The molecule has 1 aliphatic rings. The molecular weight excluding hydrogens is 402 g/mol. The number of nitrogens with zero attached hydrogens (tertiary/aromatic N) is 1. The molecule has 1 aliphatic heterocycles. The minimum Gasteiger partial charge on any atom is -0.507 e. The standard InChI is InChI=1S/C27H25NO4/c1-16-10-13-22(32-4)21(14-16)25(29)23-24(19-8-6-5-7-9-19)28(27(31)26(23)30)20-12-11-17(2)18(3)15-20/h5-15,24,29H,1-4H3/b25-23+. The number of benzene rings is 3. The third kappa shape index (κ3) is 3.56. The lowest BCUT2D eigenvalue weighted by Crippen LogP contribution is -2.29. The van der Waals surface area contributed by atoms with Gasteiger partial charge in [-0.2, -0.15) is 0 Å². The Kier molecular flexibility index (Phi) is 5.57. The number of ketones is 1. The highest BCUT2D eigenvalue weighted by molar-refractivity contribution is 6.51. The number of carbonyl (C=O) groups is 2. The Morgan fingerprint density at radius 2 is 1.62 bits per heavy atom. The van der Waals surface area contributed by atoms with Crippen LogP contribution in [0.15, 0.2) is 72.3 Å². The van der Waals surface area contributed by atoms with Crippen molar-refractivity contribution < 1.29 is 19.4 Å². The van der Waals surface area contributed by atoms with Crippen LogP contribution in [0.2, 0.25) is 0 Å². The highest BCUT2D eigenvalue weighted by atomic mass is 16.5. The lowest BCUT2D eigenvalue weighted by molar-refractivity contribution is -0.132. The number of hydrogen-bond acceptors (Lipinski definition) is 4. The van der Waals surface area contributed by atoms with Crippen molar-refractivity contribution in [3.8, 4) is 5.75 Å². The number of rotatable bonds is 4. The molecule has 1 atom stereocenters. The molecule has 0 saturated carbocycles. The van der Waals surface area contributed by atoms with E-state index in [2.05, 4.69) is 0 Å². The van der Waals surface area contributed by atoms with Crippen molar-refractivity contribution in [3.63, 3.8) is 0 Å². The van der Waals surface area contributed by atoms with Gasteiger partial charge in [-0.25, -0.2) is 0 Å². The van der Waals surface area contributed by atoms with Crippen molar-refractivity contribution in [2.75, 3.05) is 12.0 Å². The van der Waals surface area contributed by atoms with Crippen LogP contribution in [-0.2, 0) is 9.59 Å². The summed E-state index contributed by atoms with van der Waals surface area (Å²) >= 11 is 0. The van der Waals surface area contributed by atoms with Crippen molar-refractivity contribution in [2.45, 2.75) is 26.8 Å². The number of amides is 1. The van der Waals surface area contributed by atoms with E-state index in [1.165, 1.54) is 12.0 Å². The van der Waals surface area contributed by atoms with Crippen LogP contribution in [-0.4, -0.2) is 23.9 Å². The number of ether oxygens (including phenoxy) is 1. The Morgan fingerprint density at radius 1 is 0.906 bits per heavy atom. The van der Waals surface area contributed by atoms with Gasteiger partial charge < -0.3 is 9.84 Å². The average Bonchev–Trinajstić information content (AvgIpc) is 3.06. The first-order valence-corrected chi connectivity index (χ1v) is 10.4. The van der Waals surface area contributed by atoms with Crippen LogP contribution >= 0.6 is 0 Å². The van der Waals surface area contributed by atoms with Crippen molar-refractivity contribution in [2.24, 2.45) is 0 Å². The van der Waals surface area contributed by atoms with Gasteiger partial charge in [-0.05, 0) is 61.7 Å². The largest absolute Gasteiger partial charge is 0.507 e. The number of methoxy groups -OCH3 is 1. The summed E-state index contributed by atoms with van der Waals surface area (Å²) in [5.41, 5.74) is 4.77. The summed E-state index contributed by atoms with van der Waals surface area (Å²) in [6, 6.07) is 19.5. The quantitative estimate of drug-likeness (QED) is 0.351. The van der Waals surface area contributed by atoms with E-state index in [1.807, 2.05) is 75.4 Å². The maximum absolute atomic E-state index is 13.3. The van der Waals surface area contributed by atoms with E-state index >= 15 is 0 Å². The number of aliphatic hydroxyl groups excluding tert-OH is 1. The summed E-state index contributed by atoms with van der Waals surface area (Å²) in [6.07, 6.45) is 0. The van der Waals surface area contributed by atoms with Gasteiger partial charge >= 0.3 is 0 Å². The second-order valence-electron chi connectivity index (χ2n) is 8.05. The number of aryl methyl sites for hydroxylation is 3. The van der Waals surface area contributed by atoms with E-state index in [0.717, 1.165) is 22.3 Å². The first kappa shape index (κ1) is 21.4. The maximum atomic E-state index is 13.3.